The van der Waals surface area contributed by atoms with Crippen molar-refractivity contribution in [1.82, 2.24) is 10.2 Å². The number of hydrogen-bond donors (Lipinski definition) is 0. The smallest absolute Gasteiger partial charge is 0.151 e. The molecule has 0 saturated heterocycles. The molecule has 0 aliphatic heterocycles. The molecule has 0 fully saturated rings. The first-order valence-corrected chi connectivity index (χ1v) is 5.40. The third-order valence-corrected chi connectivity index (χ3v) is 2.75. The minimum absolute atomic E-state index is 0.0979. The molecule has 82 valence electrons. The first-order chi connectivity index (χ1) is 7.59. The highest BCUT2D eigenvalue weighted by Crippen LogP contribution is 2.29. The summed E-state index contributed by atoms with van der Waals surface area (Å²) in [6.07, 6.45) is 0. The van der Waals surface area contributed by atoms with Crippen molar-refractivity contribution in [2.24, 2.45) is 0 Å². The van der Waals surface area contributed by atoms with Gasteiger partial charge in [0, 0.05) is 0 Å². The highest BCUT2D eigenvalue weighted by atomic mass is 79.9. The van der Waals surface area contributed by atoms with Crippen LogP contribution >= 0.6 is 27.5 Å². The largest absolute Gasteiger partial charge is 0.206 e. The normalized spacial score (nSPS) is 10.5. The Morgan fingerprint density at radius 2 is 1.81 bits per heavy atom. The SMILES string of the molecule is Fc1ccc(Br)c(F)c1-c1ccc(Cl)nn1. The number of benzene rings is 1. The van der Waals surface area contributed by atoms with Crippen LogP contribution < -0.4 is 0 Å². The zero-order valence-corrected chi connectivity index (χ0v) is 10.1. The van der Waals surface area contributed by atoms with Crippen molar-refractivity contribution in [2.45, 2.75) is 0 Å². The van der Waals surface area contributed by atoms with Crippen LogP contribution in [0.1, 0.15) is 0 Å². The second kappa shape index (κ2) is 4.43. The van der Waals surface area contributed by atoms with Gasteiger partial charge >= 0.3 is 0 Å². The molecule has 6 heteroatoms. The van der Waals surface area contributed by atoms with E-state index in [1.165, 1.54) is 18.2 Å². The lowest BCUT2D eigenvalue weighted by atomic mass is 10.1. The minimum atomic E-state index is -0.711. The molecule has 0 amide bonds. The molecule has 0 spiro atoms. The van der Waals surface area contributed by atoms with Crippen molar-refractivity contribution >= 4 is 27.5 Å². The lowest BCUT2D eigenvalue weighted by Gasteiger charge is -2.04. The van der Waals surface area contributed by atoms with Gasteiger partial charge in [0.15, 0.2) is 5.15 Å². The maximum atomic E-state index is 13.7. The van der Waals surface area contributed by atoms with Crippen LogP contribution in [-0.4, -0.2) is 10.2 Å². The van der Waals surface area contributed by atoms with Gasteiger partial charge in [-0.3, -0.25) is 0 Å². The second-order valence-electron chi connectivity index (χ2n) is 2.96. The average molecular weight is 306 g/mol. The lowest BCUT2D eigenvalue weighted by molar-refractivity contribution is 0.584. The van der Waals surface area contributed by atoms with Crippen LogP contribution in [0.25, 0.3) is 11.3 Å². The summed E-state index contributed by atoms with van der Waals surface area (Å²) in [5.74, 6) is -1.41. The van der Waals surface area contributed by atoms with Crippen molar-refractivity contribution in [3.8, 4) is 11.3 Å². The van der Waals surface area contributed by atoms with Gasteiger partial charge in [0.25, 0.3) is 0 Å². The van der Waals surface area contributed by atoms with Crippen molar-refractivity contribution in [1.29, 1.82) is 0 Å². The summed E-state index contributed by atoms with van der Waals surface area (Å²) < 4.78 is 27.3. The molecule has 1 aromatic carbocycles. The summed E-state index contributed by atoms with van der Waals surface area (Å²) in [7, 11) is 0. The van der Waals surface area contributed by atoms with Gasteiger partial charge in [-0.2, -0.15) is 0 Å². The molecule has 1 aromatic heterocycles. The van der Waals surface area contributed by atoms with Crippen LogP contribution in [0.5, 0.6) is 0 Å². The monoisotopic (exact) mass is 304 g/mol. The predicted octanol–water partition coefficient (Wildman–Crippen LogP) is 3.84. The maximum Gasteiger partial charge on any atom is 0.151 e. The Labute approximate surface area is 103 Å². The second-order valence-corrected chi connectivity index (χ2v) is 4.20. The molecule has 0 bridgehead atoms. The fourth-order valence-corrected chi connectivity index (χ4v) is 1.64. The molecular weight excluding hydrogens is 301 g/mol. The predicted molar refractivity (Wildman–Crippen MR) is 60.1 cm³/mol. The van der Waals surface area contributed by atoms with E-state index in [4.69, 9.17) is 11.6 Å². The van der Waals surface area contributed by atoms with Gasteiger partial charge < -0.3 is 0 Å². The number of halogens is 4. The Morgan fingerprint density at radius 3 is 2.44 bits per heavy atom. The van der Waals surface area contributed by atoms with Gasteiger partial charge in [-0.1, -0.05) is 11.6 Å². The number of rotatable bonds is 1. The molecule has 0 atom stereocenters. The summed E-state index contributed by atoms with van der Waals surface area (Å²) in [6, 6.07) is 5.27. The minimum Gasteiger partial charge on any atom is -0.206 e. The molecule has 2 rings (SSSR count). The quantitative estimate of drug-likeness (QED) is 0.748. The molecule has 2 nitrogen and oxygen atoms in total. The molecule has 0 unspecified atom stereocenters. The highest BCUT2D eigenvalue weighted by molar-refractivity contribution is 9.10. The molecule has 2 aromatic rings. The Morgan fingerprint density at radius 1 is 1.06 bits per heavy atom. The van der Waals surface area contributed by atoms with Crippen molar-refractivity contribution < 1.29 is 8.78 Å². The van der Waals surface area contributed by atoms with Crippen LogP contribution in [0.3, 0.4) is 0 Å². The summed E-state index contributed by atoms with van der Waals surface area (Å²) in [6.45, 7) is 0. The fraction of sp³-hybridized carbons (Fsp3) is 0. The van der Waals surface area contributed by atoms with E-state index in [0.717, 1.165) is 6.07 Å². The highest BCUT2D eigenvalue weighted by Gasteiger charge is 2.15. The van der Waals surface area contributed by atoms with Gasteiger partial charge in [-0.15, -0.1) is 10.2 Å². The van der Waals surface area contributed by atoms with E-state index in [0.29, 0.717) is 0 Å². The summed E-state index contributed by atoms with van der Waals surface area (Å²) >= 11 is 8.52. The van der Waals surface area contributed by atoms with Gasteiger partial charge in [0.1, 0.15) is 11.6 Å². The van der Waals surface area contributed by atoms with Crippen molar-refractivity contribution in [3.05, 3.63) is 45.5 Å². The first-order valence-electron chi connectivity index (χ1n) is 4.22. The Hall–Kier alpha value is -1.07. The maximum absolute atomic E-state index is 13.7. The molecule has 0 N–H and O–H groups in total. The Bertz CT molecular complexity index is 531. The van der Waals surface area contributed by atoms with Gasteiger partial charge in [0.2, 0.25) is 0 Å². The molecule has 0 saturated carbocycles. The molecule has 1 heterocycles. The average Bonchev–Trinajstić information content (AvgIpc) is 2.27. The molecule has 0 aliphatic carbocycles. The van der Waals surface area contributed by atoms with Crippen LogP contribution in [-0.2, 0) is 0 Å². The zero-order chi connectivity index (χ0) is 11.7. The summed E-state index contributed by atoms with van der Waals surface area (Å²) in [5.41, 5.74) is -0.126. The van der Waals surface area contributed by atoms with E-state index in [-0.39, 0.29) is 20.9 Å². The number of nitrogens with zero attached hydrogens (tertiary/aromatic N) is 2. The van der Waals surface area contributed by atoms with E-state index < -0.39 is 11.6 Å². The molecule has 16 heavy (non-hydrogen) atoms. The fourth-order valence-electron chi connectivity index (χ4n) is 1.21. The number of hydrogen-bond acceptors (Lipinski definition) is 2. The zero-order valence-electron chi connectivity index (χ0n) is 7.72. The van der Waals surface area contributed by atoms with Crippen LogP contribution in [0.2, 0.25) is 5.15 Å². The van der Waals surface area contributed by atoms with Gasteiger partial charge in [0.05, 0.1) is 15.7 Å². The third-order valence-electron chi connectivity index (χ3n) is 1.93. The Balaban J connectivity index is 2.63. The molecule has 0 aliphatic rings. The van der Waals surface area contributed by atoms with Gasteiger partial charge in [-0.25, -0.2) is 8.78 Å². The van der Waals surface area contributed by atoms with E-state index in [2.05, 4.69) is 26.1 Å². The van der Waals surface area contributed by atoms with Crippen LogP contribution in [0.4, 0.5) is 8.78 Å². The molecular formula is C10H4BrClF2N2. The topological polar surface area (TPSA) is 25.8 Å². The molecule has 0 radical (unpaired) electrons. The standard InChI is InChI=1S/C10H4BrClF2N2/c11-5-1-2-6(13)9(10(5)14)7-3-4-8(12)16-15-7/h1-4H. The van der Waals surface area contributed by atoms with E-state index in [1.807, 2.05) is 0 Å². The lowest BCUT2D eigenvalue weighted by Crippen LogP contribution is -1.95. The van der Waals surface area contributed by atoms with Gasteiger partial charge in [-0.05, 0) is 40.2 Å². The van der Waals surface area contributed by atoms with Crippen LogP contribution in [0.15, 0.2) is 28.7 Å². The number of aromatic nitrogens is 2. The first kappa shape index (κ1) is 11.4. The summed E-state index contributed by atoms with van der Waals surface area (Å²) in [5, 5.41) is 7.33. The van der Waals surface area contributed by atoms with Crippen molar-refractivity contribution in [2.75, 3.05) is 0 Å². The van der Waals surface area contributed by atoms with E-state index in [1.54, 1.807) is 0 Å². The van der Waals surface area contributed by atoms with Crippen LogP contribution in [0, 0.1) is 11.6 Å². The Kier molecular flexibility index (Phi) is 3.16. The third kappa shape index (κ3) is 2.05. The van der Waals surface area contributed by atoms with Crippen molar-refractivity contribution in [3.63, 3.8) is 0 Å². The van der Waals surface area contributed by atoms with E-state index in [9.17, 15) is 8.78 Å². The van der Waals surface area contributed by atoms with E-state index >= 15 is 0 Å². The summed E-state index contributed by atoms with van der Waals surface area (Å²) in [4.78, 5) is 0.